The van der Waals surface area contributed by atoms with Crippen LogP contribution < -0.4 is 10.0 Å². The van der Waals surface area contributed by atoms with Crippen molar-refractivity contribution in [2.75, 3.05) is 19.3 Å². The third-order valence-corrected chi connectivity index (χ3v) is 4.73. The maximum absolute atomic E-state index is 11.0. The quantitative estimate of drug-likeness (QED) is 0.816. The first-order chi connectivity index (χ1) is 9.30. The predicted octanol–water partition coefficient (Wildman–Crippen LogP) is 1.94. The van der Waals surface area contributed by atoms with Crippen molar-refractivity contribution >= 4 is 10.0 Å². The van der Waals surface area contributed by atoms with Gasteiger partial charge in [-0.15, -0.1) is 0 Å². The first kappa shape index (κ1) is 15.5. The lowest BCUT2D eigenvalue weighted by Crippen LogP contribution is -2.36. The van der Waals surface area contributed by atoms with E-state index in [2.05, 4.69) is 48.2 Å². The molecule has 20 heavy (non-hydrogen) atoms. The van der Waals surface area contributed by atoms with Crippen molar-refractivity contribution in [2.45, 2.75) is 38.1 Å². The Balaban J connectivity index is 2.01. The Hall–Kier alpha value is -0.910. The van der Waals surface area contributed by atoms with Crippen LogP contribution in [0.25, 0.3) is 0 Å². The highest BCUT2D eigenvalue weighted by atomic mass is 32.2. The standard InChI is InChI=1S/C15H24N2O2S/c1-15(2)9-8-14(12-6-4-5-7-13(12)15)16-10-11-17-20(3,18)19/h4-7,14,16-17H,8-11H2,1-3H3. The molecule has 1 aromatic carbocycles. The van der Waals surface area contributed by atoms with Gasteiger partial charge in [-0.1, -0.05) is 38.1 Å². The second-order valence-electron chi connectivity index (χ2n) is 6.18. The van der Waals surface area contributed by atoms with Crippen molar-refractivity contribution in [1.82, 2.24) is 10.0 Å². The molecule has 1 aliphatic carbocycles. The van der Waals surface area contributed by atoms with Crippen LogP contribution in [0, 0.1) is 0 Å². The monoisotopic (exact) mass is 296 g/mol. The Kier molecular flexibility index (Phi) is 4.52. The molecule has 112 valence electrons. The molecule has 0 amide bonds. The van der Waals surface area contributed by atoms with Crippen molar-refractivity contribution < 1.29 is 8.42 Å². The maximum atomic E-state index is 11.0. The summed E-state index contributed by atoms with van der Waals surface area (Å²) in [5.41, 5.74) is 2.97. The zero-order valence-corrected chi connectivity index (χ0v) is 13.3. The highest BCUT2D eigenvalue weighted by molar-refractivity contribution is 7.88. The summed E-state index contributed by atoms with van der Waals surface area (Å²) < 4.78 is 24.6. The summed E-state index contributed by atoms with van der Waals surface area (Å²) in [4.78, 5) is 0. The Morgan fingerprint density at radius 3 is 2.65 bits per heavy atom. The minimum absolute atomic E-state index is 0.222. The molecule has 0 heterocycles. The Morgan fingerprint density at radius 1 is 1.25 bits per heavy atom. The van der Waals surface area contributed by atoms with Gasteiger partial charge < -0.3 is 5.32 Å². The average Bonchev–Trinajstić information content (AvgIpc) is 2.36. The molecule has 0 saturated heterocycles. The summed E-state index contributed by atoms with van der Waals surface area (Å²) in [5, 5.41) is 3.46. The fourth-order valence-electron chi connectivity index (χ4n) is 2.91. The molecule has 1 aliphatic rings. The van der Waals surface area contributed by atoms with E-state index in [-0.39, 0.29) is 5.41 Å². The van der Waals surface area contributed by atoms with Crippen LogP contribution in [0.1, 0.15) is 43.9 Å². The van der Waals surface area contributed by atoms with Crippen LogP contribution in [0.15, 0.2) is 24.3 Å². The van der Waals surface area contributed by atoms with E-state index in [0.29, 0.717) is 19.1 Å². The van der Waals surface area contributed by atoms with Gasteiger partial charge in [0.2, 0.25) is 10.0 Å². The van der Waals surface area contributed by atoms with Gasteiger partial charge >= 0.3 is 0 Å². The van der Waals surface area contributed by atoms with E-state index >= 15 is 0 Å². The van der Waals surface area contributed by atoms with Gasteiger partial charge in [0, 0.05) is 19.1 Å². The Morgan fingerprint density at radius 2 is 1.95 bits per heavy atom. The fraction of sp³-hybridized carbons (Fsp3) is 0.600. The summed E-state index contributed by atoms with van der Waals surface area (Å²) >= 11 is 0. The lowest BCUT2D eigenvalue weighted by Gasteiger charge is -2.37. The van der Waals surface area contributed by atoms with Crippen LogP contribution in [0.3, 0.4) is 0 Å². The second kappa shape index (κ2) is 5.84. The van der Waals surface area contributed by atoms with Crippen molar-refractivity contribution in [3.63, 3.8) is 0 Å². The third-order valence-electron chi connectivity index (χ3n) is 4.00. The fourth-order valence-corrected chi connectivity index (χ4v) is 3.38. The second-order valence-corrected chi connectivity index (χ2v) is 8.02. The summed E-state index contributed by atoms with van der Waals surface area (Å²) in [6.45, 7) is 5.65. The largest absolute Gasteiger partial charge is 0.309 e. The van der Waals surface area contributed by atoms with Gasteiger partial charge in [0.1, 0.15) is 0 Å². The maximum Gasteiger partial charge on any atom is 0.208 e. The molecule has 2 N–H and O–H groups in total. The van der Waals surface area contributed by atoms with E-state index in [0.717, 1.165) is 12.8 Å². The normalized spacial score (nSPS) is 21.4. The van der Waals surface area contributed by atoms with E-state index in [9.17, 15) is 8.42 Å². The van der Waals surface area contributed by atoms with Gasteiger partial charge in [-0.3, -0.25) is 0 Å². The van der Waals surface area contributed by atoms with E-state index in [4.69, 9.17) is 0 Å². The number of nitrogens with one attached hydrogen (secondary N) is 2. The molecule has 0 saturated carbocycles. The number of rotatable bonds is 5. The van der Waals surface area contributed by atoms with Gasteiger partial charge in [0.25, 0.3) is 0 Å². The molecular weight excluding hydrogens is 272 g/mol. The van der Waals surface area contributed by atoms with E-state index < -0.39 is 10.0 Å². The highest BCUT2D eigenvalue weighted by Crippen LogP contribution is 2.41. The van der Waals surface area contributed by atoms with Crippen LogP contribution in [0.4, 0.5) is 0 Å². The minimum atomic E-state index is -3.10. The molecular formula is C15H24N2O2S. The lowest BCUT2D eigenvalue weighted by molar-refractivity contribution is 0.360. The van der Waals surface area contributed by atoms with Crippen LogP contribution in [-0.2, 0) is 15.4 Å². The van der Waals surface area contributed by atoms with Crippen molar-refractivity contribution in [3.05, 3.63) is 35.4 Å². The van der Waals surface area contributed by atoms with Crippen molar-refractivity contribution in [3.8, 4) is 0 Å². The topological polar surface area (TPSA) is 58.2 Å². The predicted molar refractivity (Wildman–Crippen MR) is 82.3 cm³/mol. The van der Waals surface area contributed by atoms with Crippen LogP contribution in [0.2, 0.25) is 0 Å². The molecule has 1 aromatic rings. The van der Waals surface area contributed by atoms with Gasteiger partial charge in [0.05, 0.1) is 6.26 Å². The molecule has 1 unspecified atom stereocenters. The molecule has 0 aliphatic heterocycles. The SMILES string of the molecule is CC1(C)CCC(NCCNS(C)(=O)=O)c2ccccc21. The summed E-state index contributed by atoms with van der Waals surface area (Å²) in [6, 6.07) is 8.87. The number of hydrogen-bond donors (Lipinski definition) is 2. The average molecular weight is 296 g/mol. The van der Waals surface area contributed by atoms with Gasteiger partial charge in [-0.25, -0.2) is 13.1 Å². The molecule has 4 nitrogen and oxygen atoms in total. The molecule has 0 radical (unpaired) electrons. The van der Waals surface area contributed by atoms with Crippen LogP contribution >= 0.6 is 0 Å². The minimum Gasteiger partial charge on any atom is -0.309 e. The molecule has 0 fully saturated rings. The van der Waals surface area contributed by atoms with E-state index in [1.165, 1.54) is 17.4 Å². The van der Waals surface area contributed by atoms with Gasteiger partial charge in [-0.2, -0.15) is 0 Å². The summed E-state index contributed by atoms with van der Waals surface area (Å²) in [5.74, 6) is 0. The van der Waals surface area contributed by atoms with Crippen molar-refractivity contribution in [1.29, 1.82) is 0 Å². The first-order valence-corrected chi connectivity index (χ1v) is 8.96. The number of sulfonamides is 1. The van der Waals surface area contributed by atoms with E-state index in [1.54, 1.807) is 0 Å². The molecule has 2 rings (SSSR count). The molecule has 1 atom stereocenters. The van der Waals surface area contributed by atoms with Crippen LogP contribution in [0.5, 0.6) is 0 Å². The molecule has 5 heteroatoms. The highest BCUT2D eigenvalue weighted by Gasteiger charge is 2.31. The van der Waals surface area contributed by atoms with E-state index in [1.807, 2.05) is 0 Å². The van der Waals surface area contributed by atoms with Crippen LogP contribution in [-0.4, -0.2) is 27.8 Å². The zero-order valence-electron chi connectivity index (χ0n) is 12.4. The number of hydrogen-bond acceptors (Lipinski definition) is 3. The van der Waals surface area contributed by atoms with Crippen molar-refractivity contribution in [2.24, 2.45) is 0 Å². The first-order valence-electron chi connectivity index (χ1n) is 7.07. The molecule has 0 bridgehead atoms. The lowest BCUT2D eigenvalue weighted by atomic mass is 9.71. The number of benzene rings is 1. The summed E-state index contributed by atoms with van der Waals surface area (Å²) in [6.07, 6.45) is 3.41. The van der Waals surface area contributed by atoms with Gasteiger partial charge in [-0.05, 0) is 29.4 Å². The molecule has 0 spiro atoms. The summed E-state index contributed by atoms with van der Waals surface area (Å²) in [7, 11) is -3.10. The zero-order chi connectivity index (χ0) is 14.8. The van der Waals surface area contributed by atoms with Gasteiger partial charge in [0.15, 0.2) is 0 Å². The smallest absolute Gasteiger partial charge is 0.208 e. The molecule has 0 aromatic heterocycles. The third kappa shape index (κ3) is 3.81. The number of fused-ring (bicyclic) bond motifs is 1. The Labute approximate surface area is 122 Å². The Bertz CT molecular complexity index is 567.